The predicted octanol–water partition coefficient (Wildman–Crippen LogP) is 4.09. The minimum Gasteiger partial charge on any atom is -0.478 e. The van der Waals surface area contributed by atoms with Gasteiger partial charge in [0.2, 0.25) is 0 Å². The molecule has 19 heavy (non-hydrogen) atoms. The average molecular weight is 270 g/mol. The molecule has 0 spiro atoms. The number of hydrogen-bond donors (Lipinski definition) is 2. The second-order valence-corrected chi connectivity index (χ2v) is 2.31. The molecular formula is C15H26O4. The average Bonchev–Trinajstić information content (AvgIpc) is 2.32. The molecule has 0 bridgehead atoms. The zero-order chi connectivity index (χ0) is 16.7. The van der Waals surface area contributed by atoms with E-state index in [1.807, 2.05) is 20.8 Å². The Morgan fingerprint density at radius 1 is 0.684 bits per heavy atom. The van der Waals surface area contributed by atoms with Crippen LogP contribution in [-0.2, 0) is 9.59 Å². The number of rotatable bonds is 2. The summed E-state index contributed by atoms with van der Waals surface area (Å²) in [5.74, 6) is -1.96. The summed E-state index contributed by atoms with van der Waals surface area (Å²) in [6.45, 7) is 21.7. The van der Waals surface area contributed by atoms with Crippen LogP contribution in [0.5, 0.6) is 0 Å². The van der Waals surface area contributed by atoms with E-state index < -0.39 is 11.9 Å². The number of hydrogen-bond acceptors (Lipinski definition) is 2. The standard InChI is InChI=1S/2C3H4O2.3C3H6/c2*1-2-3(4)5;3*1-3-2/h2*2H,1H2,(H,4,5);3*3H,1H2,2H3. The van der Waals surface area contributed by atoms with Gasteiger partial charge in [-0.1, -0.05) is 31.4 Å². The van der Waals surface area contributed by atoms with Crippen LogP contribution in [0, 0.1) is 0 Å². The Balaban J connectivity index is -0.0000000442. The molecule has 0 radical (unpaired) electrons. The van der Waals surface area contributed by atoms with Crippen molar-refractivity contribution >= 4 is 11.9 Å². The molecule has 0 aromatic heterocycles. The lowest BCUT2D eigenvalue weighted by atomic mass is 10.7. The summed E-state index contributed by atoms with van der Waals surface area (Å²) in [7, 11) is 0. The SMILES string of the molecule is C=CC.C=CC.C=CC.C=CC(=O)O.C=CC(=O)O. The molecule has 4 nitrogen and oxygen atoms in total. The van der Waals surface area contributed by atoms with Gasteiger partial charge in [0, 0.05) is 12.2 Å². The van der Waals surface area contributed by atoms with Crippen LogP contribution in [0.2, 0.25) is 0 Å². The Morgan fingerprint density at radius 3 is 0.737 bits per heavy atom. The van der Waals surface area contributed by atoms with Gasteiger partial charge in [0.05, 0.1) is 0 Å². The van der Waals surface area contributed by atoms with Crippen LogP contribution in [-0.4, -0.2) is 22.2 Å². The van der Waals surface area contributed by atoms with E-state index in [4.69, 9.17) is 10.2 Å². The van der Waals surface area contributed by atoms with Gasteiger partial charge < -0.3 is 10.2 Å². The maximum atomic E-state index is 9.25. The number of carboxylic acids is 2. The van der Waals surface area contributed by atoms with Crippen molar-refractivity contribution < 1.29 is 19.8 Å². The van der Waals surface area contributed by atoms with Crippen molar-refractivity contribution in [1.29, 1.82) is 0 Å². The highest BCUT2D eigenvalue weighted by Gasteiger charge is 1.73. The van der Waals surface area contributed by atoms with E-state index in [0.29, 0.717) is 0 Å². The van der Waals surface area contributed by atoms with Gasteiger partial charge in [0.25, 0.3) is 0 Å². The molecule has 0 aliphatic rings. The molecule has 110 valence electrons. The Kier molecular flexibility index (Phi) is 71.0. The largest absolute Gasteiger partial charge is 0.478 e. The summed E-state index contributed by atoms with van der Waals surface area (Å²) in [6.07, 6.45) is 6.92. The van der Waals surface area contributed by atoms with Gasteiger partial charge in [0.1, 0.15) is 0 Å². The third-order valence-corrected chi connectivity index (χ3v) is 0.349. The molecule has 4 heteroatoms. The lowest BCUT2D eigenvalue weighted by Crippen LogP contribution is -1.82. The molecule has 0 saturated heterocycles. The zero-order valence-corrected chi connectivity index (χ0v) is 12.1. The molecule has 0 rings (SSSR count). The van der Waals surface area contributed by atoms with E-state index in [1.165, 1.54) is 0 Å². The van der Waals surface area contributed by atoms with Gasteiger partial charge in [-0.25, -0.2) is 9.59 Å². The van der Waals surface area contributed by atoms with Gasteiger partial charge in [-0.05, 0) is 20.8 Å². The number of carbonyl (C=O) groups is 2. The van der Waals surface area contributed by atoms with E-state index in [9.17, 15) is 9.59 Å². The lowest BCUT2D eigenvalue weighted by Gasteiger charge is -1.64. The monoisotopic (exact) mass is 270 g/mol. The molecule has 0 saturated carbocycles. The van der Waals surface area contributed by atoms with Gasteiger partial charge in [-0.15, -0.1) is 19.7 Å². The van der Waals surface area contributed by atoms with Gasteiger partial charge >= 0.3 is 11.9 Å². The van der Waals surface area contributed by atoms with E-state index in [2.05, 4.69) is 32.9 Å². The summed E-state index contributed by atoms with van der Waals surface area (Å²) < 4.78 is 0. The van der Waals surface area contributed by atoms with Crippen LogP contribution < -0.4 is 0 Å². The summed E-state index contributed by atoms with van der Waals surface area (Å²) >= 11 is 0. The summed E-state index contributed by atoms with van der Waals surface area (Å²) in [6, 6.07) is 0. The number of allylic oxidation sites excluding steroid dienone is 3. The van der Waals surface area contributed by atoms with Crippen LogP contribution in [0.15, 0.2) is 63.3 Å². The highest BCUT2D eigenvalue weighted by Crippen LogP contribution is 1.55. The van der Waals surface area contributed by atoms with E-state index in [-0.39, 0.29) is 0 Å². The first kappa shape index (κ1) is 30.0. The highest BCUT2D eigenvalue weighted by molar-refractivity contribution is 5.79. The van der Waals surface area contributed by atoms with Crippen molar-refractivity contribution in [3.8, 4) is 0 Å². The van der Waals surface area contributed by atoms with Crippen molar-refractivity contribution in [2.24, 2.45) is 0 Å². The third kappa shape index (κ3) is 1080. The van der Waals surface area contributed by atoms with Crippen LogP contribution in [0.25, 0.3) is 0 Å². The maximum Gasteiger partial charge on any atom is 0.327 e. The van der Waals surface area contributed by atoms with Crippen LogP contribution >= 0.6 is 0 Å². The minimum absolute atomic E-state index is 0.833. The molecule has 0 aliphatic carbocycles. The van der Waals surface area contributed by atoms with Crippen molar-refractivity contribution in [3.63, 3.8) is 0 Å². The van der Waals surface area contributed by atoms with Crippen molar-refractivity contribution in [1.82, 2.24) is 0 Å². The Hall–Kier alpha value is -2.36. The Morgan fingerprint density at radius 2 is 0.737 bits per heavy atom. The Labute approximate surface area is 116 Å². The molecule has 0 fully saturated rings. The molecule has 0 aromatic carbocycles. The predicted molar refractivity (Wildman–Crippen MR) is 83.3 cm³/mol. The van der Waals surface area contributed by atoms with Gasteiger partial charge in [-0.3, -0.25) is 0 Å². The van der Waals surface area contributed by atoms with Crippen molar-refractivity contribution in [2.75, 3.05) is 0 Å². The second-order valence-electron chi connectivity index (χ2n) is 2.31. The van der Waals surface area contributed by atoms with Gasteiger partial charge in [-0.2, -0.15) is 0 Å². The molecule has 0 atom stereocenters. The molecule has 0 unspecified atom stereocenters. The fraction of sp³-hybridized carbons (Fsp3) is 0.200. The number of carboxylic acid groups (broad SMARTS) is 2. The quantitative estimate of drug-likeness (QED) is 0.585. The first-order valence-corrected chi connectivity index (χ1v) is 5.21. The summed E-state index contributed by atoms with van der Waals surface area (Å²) in [4.78, 5) is 18.5. The first-order chi connectivity index (χ1) is 8.78. The van der Waals surface area contributed by atoms with Gasteiger partial charge in [0.15, 0.2) is 0 Å². The van der Waals surface area contributed by atoms with Crippen LogP contribution in [0.3, 0.4) is 0 Å². The summed E-state index contributed by atoms with van der Waals surface area (Å²) in [5, 5.41) is 15.2. The lowest BCUT2D eigenvalue weighted by molar-refractivity contribution is -0.132. The maximum absolute atomic E-state index is 9.25. The normalized spacial score (nSPS) is 5.42. The highest BCUT2D eigenvalue weighted by atomic mass is 16.4. The van der Waals surface area contributed by atoms with E-state index in [0.717, 1.165) is 12.2 Å². The third-order valence-electron chi connectivity index (χ3n) is 0.349. The van der Waals surface area contributed by atoms with Crippen LogP contribution in [0.1, 0.15) is 20.8 Å². The molecular weight excluding hydrogens is 244 g/mol. The molecule has 2 N–H and O–H groups in total. The molecule has 0 aliphatic heterocycles. The summed E-state index contributed by atoms with van der Waals surface area (Å²) in [5.41, 5.74) is 0. The fourth-order valence-corrected chi connectivity index (χ4v) is 0. The van der Waals surface area contributed by atoms with E-state index in [1.54, 1.807) is 18.2 Å². The smallest absolute Gasteiger partial charge is 0.327 e. The van der Waals surface area contributed by atoms with Crippen molar-refractivity contribution in [2.45, 2.75) is 20.8 Å². The Bertz CT molecular complexity index is 221. The molecule has 0 heterocycles. The zero-order valence-electron chi connectivity index (χ0n) is 12.1. The topological polar surface area (TPSA) is 74.6 Å². The fourth-order valence-electron chi connectivity index (χ4n) is 0. The first-order valence-electron chi connectivity index (χ1n) is 5.21. The number of aliphatic carboxylic acids is 2. The molecule has 0 amide bonds. The van der Waals surface area contributed by atoms with Crippen molar-refractivity contribution in [3.05, 3.63) is 63.3 Å². The van der Waals surface area contributed by atoms with Crippen LogP contribution in [0.4, 0.5) is 0 Å². The molecule has 0 aromatic rings. The minimum atomic E-state index is -0.981. The second kappa shape index (κ2) is 44.9. The van der Waals surface area contributed by atoms with E-state index >= 15 is 0 Å².